The molecule has 0 aliphatic carbocycles. The first-order valence-corrected chi connectivity index (χ1v) is 7.20. The van der Waals surface area contributed by atoms with Crippen LogP contribution in [-0.4, -0.2) is 32.2 Å². The van der Waals surface area contributed by atoms with Crippen molar-refractivity contribution in [3.63, 3.8) is 0 Å². The molecule has 1 aromatic heterocycles. The summed E-state index contributed by atoms with van der Waals surface area (Å²) in [4.78, 5) is 12.2. The normalized spacial score (nSPS) is 12.4. The highest BCUT2D eigenvalue weighted by atomic mass is 16.1. The van der Waals surface area contributed by atoms with E-state index in [1.807, 2.05) is 19.1 Å². The van der Waals surface area contributed by atoms with Gasteiger partial charge in [-0.05, 0) is 54.3 Å². The van der Waals surface area contributed by atoms with Crippen molar-refractivity contribution in [2.45, 2.75) is 39.7 Å². The lowest BCUT2D eigenvalue weighted by Gasteiger charge is -2.15. The van der Waals surface area contributed by atoms with E-state index in [1.54, 1.807) is 12.1 Å². The first-order valence-electron chi connectivity index (χ1n) is 7.20. The predicted molar refractivity (Wildman–Crippen MR) is 80.2 cm³/mol. The van der Waals surface area contributed by atoms with E-state index in [0.29, 0.717) is 11.5 Å². The van der Waals surface area contributed by atoms with Crippen molar-refractivity contribution in [1.82, 2.24) is 25.5 Å². The number of hydrogen-bond donors (Lipinski definition) is 1. The summed E-state index contributed by atoms with van der Waals surface area (Å²) in [5.41, 5.74) is 1.38. The fourth-order valence-electron chi connectivity index (χ4n) is 2.03. The van der Waals surface area contributed by atoms with Crippen molar-refractivity contribution in [2.24, 2.45) is 5.92 Å². The van der Waals surface area contributed by atoms with E-state index in [1.165, 1.54) is 11.0 Å². The zero-order valence-electron chi connectivity index (χ0n) is 12.7. The Hall–Kier alpha value is -2.24. The van der Waals surface area contributed by atoms with Crippen LogP contribution in [0.15, 0.2) is 30.6 Å². The molecule has 0 saturated carbocycles. The summed E-state index contributed by atoms with van der Waals surface area (Å²) in [5, 5.41) is 14.0. The van der Waals surface area contributed by atoms with Gasteiger partial charge >= 0.3 is 0 Å². The van der Waals surface area contributed by atoms with Crippen LogP contribution in [0, 0.1) is 5.92 Å². The summed E-state index contributed by atoms with van der Waals surface area (Å²) >= 11 is 0. The Labute approximate surface area is 124 Å². The number of aromatic nitrogens is 4. The molecule has 0 radical (unpaired) electrons. The van der Waals surface area contributed by atoms with Crippen LogP contribution in [0.4, 0.5) is 0 Å². The first-order chi connectivity index (χ1) is 10.1. The zero-order valence-corrected chi connectivity index (χ0v) is 12.7. The number of rotatable bonds is 6. The fraction of sp³-hybridized carbons (Fsp3) is 0.467. The summed E-state index contributed by atoms with van der Waals surface area (Å²) in [6.07, 6.45) is 3.59. The molecule has 1 N–H and O–H groups in total. The third kappa shape index (κ3) is 4.37. The minimum Gasteiger partial charge on any atom is -0.350 e. The van der Waals surface area contributed by atoms with Gasteiger partial charge in [0.2, 0.25) is 0 Å². The Morgan fingerprint density at radius 2 is 2.10 bits per heavy atom. The van der Waals surface area contributed by atoms with E-state index in [0.717, 1.165) is 18.5 Å². The molecule has 0 fully saturated rings. The lowest BCUT2D eigenvalue weighted by molar-refractivity contribution is 0.0937. The minimum absolute atomic E-state index is 0.0684. The molecule has 112 valence electrons. The average Bonchev–Trinajstić information content (AvgIpc) is 2.99. The summed E-state index contributed by atoms with van der Waals surface area (Å²) in [6.45, 7) is 6.40. The van der Waals surface area contributed by atoms with Crippen LogP contribution in [0.2, 0.25) is 0 Å². The third-order valence-corrected chi connectivity index (χ3v) is 3.28. The number of benzene rings is 1. The highest BCUT2D eigenvalue weighted by Gasteiger charge is 2.11. The Balaban J connectivity index is 2.01. The van der Waals surface area contributed by atoms with Crippen LogP contribution < -0.4 is 5.32 Å². The number of amides is 1. The maximum absolute atomic E-state index is 12.2. The molecule has 0 bridgehead atoms. The van der Waals surface area contributed by atoms with Gasteiger partial charge in [-0.2, -0.15) is 0 Å². The number of carbonyl (C=O) groups excluding carboxylic acids is 1. The van der Waals surface area contributed by atoms with Crippen molar-refractivity contribution in [3.05, 3.63) is 36.2 Å². The number of hydrogen-bond acceptors (Lipinski definition) is 4. The maximum Gasteiger partial charge on any atom is 0.251 e. The lowest BCUT2D eigenvalue weighted by atomic mass is 10.0. The molecule has 0 saturated heterocycles. The van der Waals surface area contributed by atoms with Gasteiger partial charge < -0.3 is 5.32 Å². The van der Waals surface area contributed by atoms with Gasteiger partial charge in [-0.1, -0.05) is 19.9 Å². The maximum atomic E-state index is 12.2. The number of carbonyl (C=O) groups is 1. The molecule has 1 amide bonds. The van der Waals surface area contributed by atoms with Crippen LogP contribution in [0.5, 0.6) is 0 Å². The van der Waals surface area contributed by atoms with E-state index in [4.69, 9.17) is 0 Å². The van der Waals surface area contributed by atoms with Crippen molar-refractivity contribution >= 4 is 5.91 Å². The first kappa shape index (κ1) is 15.2. The van der Waals surface area contributed by atoms with E-state index in [2.05, 4.69) is 34.7 Å². The SMILES string of the molecule is CC(C)CCC(C)NC(=O)c1cccc(-n2cnnn2)c1. The number of tetrazole rings is 1. The van der Waals surface area contributed by atoms with Gasteiger partial charge in [0.15, 0.2) is 0 Å². The molecule has 2 aromatic rings. The largest absolute Gasteiger partial charge is 0.350 e. The third-order valence-electron chi connectivity index (χ3n) is 3.28. The van der Waals surface area contributed by atoms with Gasteiger partial charge in [-0.3, -0.25) is 4.79 Å². The van der Waals surface area contributed by atoms with E-state index in [-0.39, 0.29) is 11.9 Å². The second kappa shape index (κ2) is 6.97. The van der Waals surface area contributed by atoms with Crippen LogP contribution in [0.25, 0.3) is 5.69 Å². The topological polar surface area (TPSA) is 72.7 Å². The second-order valence-corrected chi connectivity index (χ2v) is 5.65. The monoisotopic (exact) mass is 287 g/mol. The summed E-state index contributed by atoms with van der Waals surface area (Å²) in [6, 6.07) is 7.41. The summed E-state index contributed by atoms with van der Waals surface area (Å²) < 4.78 is 1.53. The predicted octanol–water partition coefficient (Wildman–Crippen LogP) is 2.22. The lowest BCUT2D eigenvalue weighted by Crippen LogP contribution is -2.32. The standard InChI is InChI=1S/C15H21N5O/c1-11(2)7-8-12(3)17-15(21)13-5-4-6-14(9-13)20-10-16-18-19-20/h4-6,9-12H,7-8H2,1-3H3,(H,17,21). The Bertz CT molecular complexity index is 580. The summed E-state index contributed by atoms with van der Waals surface area (Å²) in [7, 11) is 0. The van der Waals surface area contributed by atoms with Crippen molar-refractivity contribution in [3.8, 4) is 5.69 Å². The smallest absolute Gasteiger partial charge is 0.251 e. The van der Waals surface area contributed by atoms with Crippen LogP contribution in [0.1, 0.15) is 44.0 Å². The zero-order chi connectivity index (χ0) is 15.2. The van der Waals surface area contributed by atoms with Gasteiger partial charge in [0, 0.05) is 11.6 Å². The van der Waals surface area contributed by atoms with E-state index < -0.39 is 0 Å². The number of nitrogens with one attached hydrogen (secondary N) is 1. The quantitative estimate of drug-likeness (QED) is 0.884. The molecule has 21 heavy (non-hydrogen) atoms. The highest BCUT2D eigenvalue weighted by Crippen LogP contribution is 2.10. The van der Waals surface area contributed by atoms with Crippen molar-refractivity contribution in [1.29, 1.82) is 0 Å². The molecule has 0 spiro atoms. The molecule has 0 aliphatic rings. The van der Waals surface area contributed by atoms with E-state index in [9.17, 15) is 4.79 Å². The van der Waals surface area contributed by atoms with Gasteiger partial charge in [0.25, 0.3) is 5.91 Å². The van der Waals surface area contributed by atoms with Crippen molar-refractivity contribution in [2.75, 3.05) is 0 Å². The molecule has 1 heterocycles. The molecule has 6 nitrogen and oxygen atoms in total. The van der Waals surface area contributed by atoms with Gasteiger partial charge in [-0.25, -0.2) is 4.68 Å². The average molecular weight is 287 g/mol. The molecule has 1 unspecified atom stereocenters. The Morgan fingerprint density at radius 3 is 2.76 bits per heavy atom. The highest BCUT2D eigenvalue weighted by molar-refractivity contribution is 5.94. The number of nitrogens with zero attached hydrogens (tertiary/aromatic N) is 4. The van der Waals surface area contributed by atoms with Crippen molar-refractivity contribution < 1.29 is 4.79 Å². The van der Waals surface area contributed by atoms with Gasteiger partial charge in [0.05, 0.1) is 5.69 Å². The molecule has 0 aliphatic heterocycles. The molecule has 2 rings (SSSR count). The van der Waals surface area contributed by atoms with E-state index >= 15 is 0 Å². The minimum atomic E-state index is -0.0684. The summed E-state index contributed by atoms with van der Waals surface area (Å²) in [5.74, 6) is 0.577. The molecular formula is C15H21N5O. The molecule has 1 atom stereocenters. The molecule has 1 aromatic carbocycles. The van der Waals surface area contributed by atoms with Crippen LogP contribution >= 0.6 is 0 Å². The molecular weight excluding hydrogens is 266 g/mol. The van der Waals surface area contributed by atoms with Crippen LogP contribution in [0.3, 0.4) is 0 Å². The fourth-order valence-corrected chi connectivity index (χ4v) is 2.03. The van der Waals surface area contributed by atoms with Gasteiger partial charge in [-0.15, -0.1) is 5.10 Å². The van der Waals surface area contributed by atoms with Gasteiger partial charge in [0.1, 0.15) is 6.33 Å². The second-order valence-electron chi connectivity index (χ2n) is 5.65. The van der Waals surface area contributed by atoms with Crippen LogP contribution in [-0.2, 0) is 0 Å². The Morgan fingerprint density at radius 1 is 1.29 bits per heavy atom. The Kier molecular flexibility index (Phi) is 5.03. The molecule has 6 heteroatoms.